The molecule has 94 valence electrons. The molecule has 0 radical (unpaired) electrons. The van der Waals surface area contributed by atoms with Crippen LogP contribution in [0, 0.1) is 0 Å². The van der Waals surface area contributed by atoms with Crippen LogP contribution in [0.15, 0.2) is 32.8 Å². The van der Waals surface area contributed by atoms with Crippen molar-refractivity contribution in [3.05, 3.63) is 49.0 Å². The van der Waals surface area contributed by atoms with E-state index in [0.29, 0.717) is 15.7 Å². The number of amides is 1. The van der Waals surface area contributed by atoms with Crippen LogP contribution >= 0.6 is 27.3 Å². The lowest BCUT2D eigenvalue weighted by Gasteiger charge is -2.04. The number of rotatable bonds is 3. The summed E-state index contributed by atoms with van der Waals surface area (Å²) < 4.78 is 0.529. The van der Waals surface area contributed by atoms with Gasteiger partial charge in [0, 0.05) is 16.6 Å². The fourth-order valence-corrected chi connectivity index (χ4v) is 2.16. The van der Waals surface area contributed by atoms with Crippen molar-refractivity contribution in [2.24, 2.45) is 0 Å². The monoisotopic (exact) mass is 328 g/mol. The second-order valence-corrected chi connectivity index (χ2v) is 5.22. The Hall–Kier alpha value is -1.60. The number of carbonyl (C=O) groups is 1. The maximum Gasteiger partial charge on any atom is 0.304 e. The molecule has 5 nitrogen and oxygen atoms in total. The summed E-state index contributed by atoms with van der Waals surface area (Å²) in [6.07, 6.45) is 0. The van der Waals surface area contributed by atoms with Crippen molar-refractivity contribution < 1.29 is 9.90 Å². The number of H-pyrrole nitrogens is 1. The van der Waals surface area contributed by atoms with Gasteiger partial charge in [0.2, 0.25) is 0 Å². The summed E-state index contributed by atoms with van der Waals surface area (Å²) in [6, 6.07) is 4.56. The van der Waals surface area contributed by atoms with E-state index in [2.05, 4.69) is 26.2 Å². The van der Waals surface area contributed by atoms with Crippen LogP contribution in [-0.2, 0) is 6.54 Å². The van der Waals surface area contributed by atoms with Crippen molar-refractivity contribution in [3.8, 4) is 5.75 Å². The van der Waals surface area contributed by atoms with Gasteiger partial charge in [-0.3, -0.25) is 9.59 Å². The smallest absolute Gasteiger partial charge is 0.304 e. The van der Waals surface area contributed by atoms with E-state index < -0.39 is 0 Å². The minimum Gasteiger partial charge on any atom is -0.507 e. The molecular weight excluding hydrogens is 320 g/mol. The Morgan fingerprint density at radius 3 is 2.89 bits per heavy atom. The molecule has 18 heavy (non-hydrogen) atoms. The molecular formula is C11H9BrN2O3S. The van der Waals surface area contributed by atoms with Gasteiger partial charge in [-0.05, 0) is 34.1 Å². The third-order valence-corrected chi connectivity index (χ3v) is 3.61. The highest BCUT2D eigenvalue weighted by atomic mass is 79.9. The van der Waals surface area contributed by atoms with Crippen LogP contribution in [0.2, 0.25) is 0 Å². The Balaban J connectivity index is 2.03. The average Bonchev–Trinajstić information content (AvgIpc) is 2.75. The van der Waals surface area contributed by atoms with Crippen LogP contribution in [0.5, 0.6) is 5.75 Å². The molecule has 0 unspecified atom stereocenters. The van der Waals surface area contributed by atoms with Gasteiger partial charge in [-0.15, -0.1) is 0 Å². The van der Waals surface area contributed by atoms with E-state index in [0.717, 1.165) is 11.3 Å². The fourth-order valence-electron chi connectivity index (χ4n) is 1.33. The zero-order valence-electron chi connectivity index (χ0n) is 9.07. The summed E-state index contributed by atoms with van der Waals surface area (Å²) in [5.74, 6) is -0.309. The fraction of sp³-hybridized carbons (Fsp3) is 0.0909. The molecule has 0 fully saturated rings. The number of aromatic nitrogens is 1. The Morgan fingerprint density at radius 2 is 2.28 bits per heavy atom. The number of phenols is 1. The standard InChI is InChI=1S/C11H9BrN2O3S/c12-8-2-1-6(3-9(8)15)10(16)13-4-7-5-18-11(17)14-7/h1-3,5,15H,4H2,(H,13,16)(H,14,17). The van der Waals surface area contributed by atoms with Crippen LogP contribution in [0.3, 0.4) is 0 Å². The molecule has 0 saturated heterocycles. The number of phenolic OH excluding ortho intramolecular Hbond substituents is 1. The van der Waals surface area contributed by atoms with Gasteiger partial charge in [0.05, 0.1) is 11.0 Å². The van der Waals surface area contributed by atoms with E-state index in [-0.39, 0.29) is 23.1 Å². The number of aromatic amines is 1. The highest BCUT2D eigenvalue weighted by Crippen LogP contribution is 2.24. The number of hydrogen-bond acceptors (Lipinski definition) is 4. The summed E-state index contributed by atoms with van der Waals surface area (Å²) in [5, 5.41) is 13.8. The zero-order valence-corrected chi connectivity index (χ0v) is 11.5. The predicted octanol–water partition coefficient (Wildman–Crippen LogP) is 1.83. The molecule has 0 aliphatic rings. The maximum absolute atomic E-state index is 11.8. The van der Waals surface area contributed by atoms with Gasteiger partial charge in [-0.1, -0.05) is 11.3 Å². The summed E-state index contributed by atoms with van der Waals surface area (Å²) >= 11 is 4.18. The second kappa shape index (κ2) is 5.36. The molecule has 0 saturated carbocycles. The Bertz CT molecular complexity index is 635. The van der Waals surface area contributed by atoms with Crippen molar-refractivity contribution >= 4 is 33.2 Å². The first-order valence-corrected chi connectivity index (χ1v) is 6.67. The first kappa shape index (κ1) is 12.8. The van der Waals surface area contributed by atoms with Gasteiger partial charge < -0.3 is 15.4 Å². The lowest BCUT2D eigenvalue weighted by atomic mass is 10.2. The quantitative estimate of drug-likeness (QED) is 0.803. The number of benzene rings is 1. The van der Waals surface area contributed by atoms with E-state index in [1.807, 2.05) is 0 Å². The van der Waals surface area contributed by atoms with E-state index in [1.165, 1.54) is 6.07 Å². The predicted molar refractivity (Wildman–Crippen MR) is 71.9 cm³/mol. The zero-order chi connectivity index (χ0) is 13.1. The summed E-state index contributed by atoms with van der Waals surface area (Å²) in [6.45, 7) is 0.244. The van der Waals surface area contributed by atoms with E-state index in [4.69, 9.17) is 0 Å². The number of halogens is 1. The largest absolute Gasteiger partial charge is 0.507 e. The molecule has 3 N–H and O–H groups in total. The molecule has 0 spiro atoms. The van der Waals surface area contributed by atoms with E-state index in [9.17, 15) is 14.7 Å². The van der Waals surface area contributed by atoms with Gasteiger partial charge in [-0.25, -0.2) is 0 Å². The van der Waals surface area contributed by atoms with Gasteiger partial charge in [0.15, 0.2) is 0 Å². The molecule has 2 rings (SSSR count). The average molecular weight is 329 g/mol. The lowest BCUT2D eigenvalue weighted by Crippen LogP contribution is -2.23. The lowest BCUT2D eigenvalue weighted by molar-refractivity contribution is 0.0950. The molecule has 1 amide bonds. The Kier molecular flexibility index (Phi) is 3.83. The molecule has 0 aliphatic carbocycles. The number of nitrogens with one attached hydrogen (secondary N) is 2. The van der Waals surface area contributed by atoms with Crippen molar-refractivity contribution in [1.29, 1.82) is 0 Å². The third kappa shape index (κ3) is 2.99. The SMILES string of the molecule is O=C(NCc1csc(=O)[nH]1)c1ccc(Br)c(O)c1. The minimum atomic E-state index is -0.315. The topological polar surface area (TPSA) is 82.2 Å². The van der Waals surface area contributed by atoms with Crippen molar-refractivity contribution in [2.75, 3.05) is 0 Å². The maximum atomic E-state index is 11.8. The van der Waals surface area contributed by atoms with Gasteiger partial charge in [-0.2, -0.15) is 0 Å². The van der Waals surface area contributed by atoms with E-state index in [1.54, 1.807) is 17.5 Å². The van der Waals surface area contributed by atoms with Crippen molar-refractivity contribution in [1.82, 2.24) is 10.3 Å². The number of aromatic hydroxyl groups is 1. The normalized spacial score (nSPS) is 10.3. The summed E-state index contributed by atoms with van der Waals surface area (Å²) in [5.41, 5.74) is 1.01. The highest BCUT2D eigenvalue weighted by molar-refractivity contribution is 9.10. The molecule has 1 heterocycles. The minimum absolute atomic E-state index is 0.00610. The summed E-state index contributed by atoms with van der Waals surface area (Å²) in [7, 11) is 0. The van der Waals surface area contributed by atoms with Gasteiger partial charge >= 0.3 is 4.87 Å². The number of thiazole rings is 1. The summed E-state index contributed by atoms with van der Waals surface area (Å²) in [4.78, 5) is 25.1. The molecule has 1 aromatic heterocycles. The second-order valence-electron chi connectivity index (χ2n) is 3.52. The first-order chi connectivity index (χ1) is 8.56. The first-order valence-electron chi connectivity index (χ1n) is 4.99. The number of hydrogen-bond donors (Lipinski definition) is 3. The molecule has 0 bridgehead atoms. The van der Waals surface area contributed by atoms with Gasteiger partial charge in [0.1, 0.15) is 5.75 Å². The Labute approximate surface area is 115 Å². The molecule has 7 heteroatoms. The van der Waals surface area contributed by atoms with Crippen LogP contribution in [-0.4, -0.2) is 16.0 Å². The van der Waals surface area contributed by atoms with E-state index >= 15 is 0 Å². The van der Waals surface area contributed by atoms with Crippen LogP contribution in [0.1, 0.15) is 16.1 Å². The van der Waals surface area contributed by atoms with Crippen LogP contribution in [0.4, 0.5) is 0 Å². The number of carbonyl (C=O) groups excluding carboxylic acids is 1. The van der Waals surface area contributed by atoms with Crippen molar-refractivity contribution in [2.45, 2.75) is 6.54 Å². The van der Waals surface area contributed by atoms with Crippen molar-refractivity contribution in [3.63, 3.8) is 0 Å². The Morgan fingerprint density at radius 1 is 1.50 bits per heavy atom. The van der Waals surface area contributed by atoms with Crippen LogP contribution < -0.4 is 10.2 Å². The highest BCUT2D eigenvalue weighted by Gasteiger charge is 2.08. The molecule has 2 aromatic rings. The molecule has 0 aliphatic heterocycles. The molecule has 1 aromatic carbocycles. The van der Waals surface area contributed by atoms with Crippen LogP contribution in [0.25, 0.3) is 0 Å². The third-order valence-electron chi connectivity index (χ3n) is 2.22. The molecule has 0 atom stereocenters. The van der Waals surface area contributed by atoms with Gasteiger partial charge in [0.25, 0.3) is 5.91 Å².